The van der Waals surface area contributed by atoms with Gasteiger partial charge in [-0.1, -0.05) is 13.8 Å². The van der Waals surface area contributed by atoms with Gasteiger partial charge in [-0.15, -0.1) is 0 Å². The Morgan fingerprint density at radius 1 is 1.14 bits per heavy atom. The fraction of sp³-hybridized carbons (Fsp3) is 0.368. The molecule has 0 aliphatic rings. The molecule has 1 heterocycles. The maximum absolute atomic E-state index is 12.5. The first-order valence-corrected chi connectivity index (χ1v) is 10.3. The molecule has 0 aliphatic carbocycles. The number of ether oxygens (including phenoxy) is 2. The van der Waals surface area contributed by atoms with Crippen LogP contribution in [-0.2, 0) is 10.0 Å². The number of sulfonamides is 1. The van der Waals surface area contributed by atoms with E-state index in [1.807, 2.05) is 19.1 Å². The molecule has 1 N–H and O–H groups in total. The number of rotatable bonds is 9. The smallest absolute Gasteiger partial charge is 0.244 e. The van der Waals surface area contributed by atoms with Crippen LogP contribution in [0.5, 0.6) is 11.5 Å². The number of hydrazone groups is 1. The lowest BCUT2D eigenvalue weighted by molar-refractivity contribution is 0.394. The lowest BCUT2D eigenvalue weighted by Gasteiger charge is -2.18. The summed E-state index contributed by atoms with van der Waals surface area (Å²) in [7, 11) is -0.360. The SMILES string of the molecule is CCN(CC)S(=O)(=O)c1ccc(N/N=C(\C)c2ccc(OC)cc2OC)nc1. The number of hydrogen-bond donors (Lipinski definition) is 1. The summed E-state index contributed by atoms with van der Waals surface area (Å²) in [6, 6.07) is 8.55. The van der Waals surface area contributed by atoms with Crippen molar-refractivity contribution in [2.45, 2.75) is 25.7 Å². The van der Waals surface area contributed by atoms with Crippen LogP contribution in [0.1, 0.15) is 26.3 Å². The van der Waals surface area contributed by atoms with Crippen molar-refractivity contribution in [3.05, 3.63) is 42.1 Å². The summed E-state index contributed by atoms with van der Waals surface area (Å²) in [4.78, 5) is 4.31. The van der Waals surface area contributed by atoms with Gasteiger partial charge in [0.25, 0.3) is 0 Å². The minimum absolute atomic E-state index is 0.152. The monoisotopic (exact) mass is 406 g/mol. The third-order valence-corrected chi connectivity index (χ3v) is 6.25. The Balaban J connectivity index is 2.19. The summed E-state index contributed by atoms with van der Waals surface area (Å²) in [5.74, 6) is 1.76. The minimum Gasteiger partial charge on any atom is -0.497 e. The summed E-state index contributed by atoms with van der Waals surface area (Å²) >= 11 is 0. The van der Waals surface area contributed by atoms with Crippen molar-refractivity contribution in [1.29, 1.82) is 0 Å². The molecule has 0 aliphatic heterocycles. The van der Waals surface area contributed by atoms with Crippen molar-refractivity contribution < 1.29 is 17.9 Å². The molecule has 0 bridgehead atoms. The van der Waals surface area contributed by atoms with Gasteiger partial charge in [-0.2, -0.15) is 9.41 Å². The first-order valence-electron chi connectivity index (χ1n) is 8.86. The van der Waals surface area contributed by atoms with Crippen LogP contribution in [0.2, 0.25) is 0 Å². The zero-order valence-electron chi connectivity index (χ0n) is 16.8. The van der Waals surface area contributed by atoms with E-state index in [1.54, 1.807) is 40.2 Å². The van der Waals surface area contributed by atoms with E-state index in [1.165, 1.54) is 16.6 Å². The fourth-order valence-electron chi connectivity index (χ4n) is 2.61. The van der Waals surface area contributed by atoms with Gasteiger partial charge in [0.1, 0.15) is 22.2 Å². The number of hydrogen-bond acceptors (Lipinski definition) is 7. The van der Waals surface area contributed by atoms with Gasteiger partial charge in [0, 0.05) is 30.9 Å². The quantitative estimate of drug-likeness (QED) is 0.508. The number of anilines is 1. The molecule has 0 unspecified atom stereocenters. The Kier molecular flexibility index (Phi) is 7.36. The van der Waals surface area contributed by atoms with Crippen LogP contribution in [0.25, 0.3) is 0 Å². The van der Waals surface area contributed by atoms with E-state index in [4.69, 9.17) is 9.47 Å². The summed E-state index contributed by atoms with van der Waals surface area (Å²) in [6.45, 7) is 6.25. The first-order chi connectivity index (χ1) is 13.4. The van der Waals surface area contributed by atoms with Crippen LogP contribution in [-0.4, -0.2) is 50.7 Å². The van der Waals surface area contributed by atoms with E-state index in [-0.39, 0.29) is 4.90 Å². The Hall–Kier alpha value is -2.65. The van der Waals surface area contributed by atoms with E-state index >= 15 is 0 Å². The molecule has 152 valence electrons. The number of methoxy groups -OCH3 is 2. The molecule has 0 spiro atoms. The molecule has 0 amide bonds. The first kappa shape index (κ1) is 21.6. The molecule has 2 rings (SSSR count). The second-order valence-electron chi connectivity index (χ2n) is 5.84. The van der Waals surface area contributed by atoms with Crippen molar-refractivity contribution in [1.82, 2.24) is 9.29 Å². The van der Waals surface area contributed by atoms with Crippen molar-refractivity contribution in [3.63, 3.8) is 0 Å². The number of nitrogens with zero attached hydrogens (tertiary/aromatic N) is 3. The van der Waals surface area contributed by atoms with Crippen LogP contribution in [0.15, 0.2) is 46.5 Å². The summed E-state index contributed by atoms with van der Waals surface area (Å²) in [6.07, 6.45) is 1.33. The highest BCUT2D eigenvalue weighted by Gasteiger charge is 2.21. The maximum Gasteiger partial charge on any atom is 0.244 e. The Morgan fingerprint density at radius 2 is 1.86 bits per heavy atom. The van der Waals surface area contributed by atoms with Crippen LogP contribution in [0.4, 0.5) is 5.82 Å². The van der Waals surface area contributed by atoms with Gasteiger partial charge in [0.05, 0.1) is 19.9 Å². The number of nitrogens with one attached hydrogen (secondary N) is 1. The number of aromatic nitrogens is 1. The molecule has 1 aromatic carbocycles. The number of pyridine rings is 1. The Morgan fingerprint density at radius 3 is 2.39 bits per heavy atom. The van der Waals surface area contributed by atoms with Gasteiger partial charge < -0.3 is 9.47 Å². The van der Waals surface area contributed by atoms with Gasteiger partial charge in [-0.3, -0.25) is 5.43 Å². The fourth-order valence-corrected chi connectivity index (χ4v) is 4.01. The van der Waals surface area contributed by atoms with E-state index in [9.17, 15) is 8.42 Å². The molecule has 1 aromatic heterocycles. The molecule has 0 saturated heterocycles. The van der Waals surface area contributed by atoms with Crippen LogP contribution in [0, 0.1) is 0 Å². The van der Waals surface area contributed by atoms with E-state index in [0.29, 0.717) is 36.1 Å². The maximum atomic E-state index is 12.5. The Bertz CT molecular complexity index is 923. The average Bonchev–Trinajstić information content (AvgIpc) is 2.72. The normalized spacial score (nSPS) is 12.1. The predicted octanol–water partition coefficient (Wildman–Crippen LogP) is 2.97. The molecule has 0 fully saturated rings. The lowest BCUT2D eigenvalue weighted by atomic mass is 10.1. The van der Waals surface area contributed by atoms with Crippen LogP contribution in [0.3, 0.4) is 0 Å². The zero-order valence-corrected chi connectivity index (χ0v) is 17.6. The van der Waals surface area contributed by atoms with Gasteiger partial charge in [-0.05, 0) is 31.2 Å². The third-order valence-electron chi connectivity index (χ3n) is 4.22. The molecule has 28 heavy (non-hydrogen) atoms. The van der Waals surface area contributed by atoms with Gasteiger partial charge in [-0.25, -0.2) is 13.4 Å². The number of benzene rings is 1. The highest BCUT2D eigenvalue weighted by Crippen LogP contribution is 2.25. The van der Waals surface area contributed by atoms with Gasteiger partial charge >= 0.3 is 0 Å². The minimum atomic E-state index is -3.53. The van der Waals surface area contributed by atoms with Crippen molar-refractivity contribution >= 4 is 21.6 Å². The van der Waals surface area contributed by atoms with E-state index in [0.717, 1.165) is 5.56 Å². The molecule has 0 atom stereocenters. The van der Waals surface area contributed by atoms with E-state index in [2.05, 4.69) is 15.5 Å². The molecule has 8 nitrogen and oxygen atoms in total. The molecule has 2 aromatic rings. The second-order valence-corrected chi connectivity index (χ2v) is 7.78. The Labute approximate surface area is 166 Å². The average molecular weight is 407 g/mol. The molecular formula is C19H26N4O4S. The standard InChI is InChI=1S/C19H26N4O4S/c1-6-23(7-2)28(24,25)16-9-11-19(20-13-16)22-21-14(3)17-10-8-15(26-4)12-18(17)27-5/h8-13H,6-7H2,1-5H3,(H,20,22)/b21-14+. The third kappa shape index (κ3) is 4.79. The molecular weight excluding hydrogens is 380 g/mol. The summed E-state index contributed by atoms with van der Waals surface area (Å²) < 4.78 is 36.9. The summed E-state index contributed by atoms with van der Waals surface area (Å²) in [5.41, 5.74) is 4.32. The predicted molar refractivity (Wildman–Crippen MR) is 110 cm³/mol. The molecule has 9 heteroatoms. The topological polar surface area (TPSA) is 93.1 Å². The van der Waals surface area contributed by atoms with Gasteiger partial charge in [0.15, 0.2) is 0 Å². The highest BCUT2D eigenvalue weighted by molar-refractivity contribution is 7.89. The van der Waals surface area contributed by atoms with Crippen LogP contribution < -0.4 is 14.9 Å². The summed E-state index contributed by atoms with van der Waals surface area (Å²) in [5, 5.41) is 4.31. The van der Waals surface area contributed by atoms with E-state index < -0.39 is 10.0 Å². The van der Waals surface area contributed by atoms with Crippen molar-refractivity contribution in [3.8, 4) is 11.5 Å². The van der Waals surface area contributed by atoms with Crippen molar-refractivity contribution in [2.75, 3.05) is 32.7 Å². The van der Waals surface area contributed by atoms with Gasteiger partial charge in [0.2, 0.25) is 10.0 Å². The second kappa shape index (κ2) is 9.52. The van der Waals surface area contributed by atoms with Crippen molar-refractivity contribution in [2.24, 2.45) is 5.10 Å². The highest BCUT2D eigenvalue weighted by atomic mass is 32.2. The molecule has 0 saturated carbocycles. The van der Waals surface area contributed by atoms with Crippen LogP contribution >= 0.6 is 0 Å². The lowest BCUT2D eigenvalue weighted by Crippen LogP contribution is -2.30. The molecule has 0 radical (unpaired) electrons. The zero-order chi connectivity index (χ0) is 20.7. The largest absolute Gasteiger partial charge is 0.497 e.